The Labute approximate surface area is 211 Å². The smallest absolute Gasteiger partial charge is 1.00 e. The number of allylic oxidation sites excluding steroid dienone is 8. The van der Waals surface area contributed by atoms with Crippen LogP contribution in [0.4, 0.5) is 0 Å². The van der Waals surface area contributed by atoms with Crippen molar-refractivity contribution in [2.24, 2.45) is 0 Å². The van der Waals surface area contributed by atoms with Crippen LogP contribution in [-0.4, -0.2) is 51.8 Å². The van der Waals surface area contributed by atoms with Gasteiger partial charge >= 0.3 is 26.2 Å². The second kappa shape index (κ2) is 14.3. The molecule has 0 bridgehead atoms. The van der Waals surface area contributed by atoms with Crippen molar-refractivity contribution in [3.05, 3.63) is 46.8 Å². The van der Waals surface area contributed by atoms with Gasteiger partial charge in [0.05, 0.1) is 0 Å². The standard InChI is InChI=1S/2C12H20NSi.2FH.Zr/c2*1-14(2,12-8-4-5-9-12)13-10-6-3-7-11-13;;;/h2*4,8H,3,5-7,10-11H2,1-2H3;2*1H;/q2*-1;;;+4/p-2. The molecule has 4 rings (SSSR count). The van der Waals surface area contributed by atoms with Gasteiger partial charge < -0.3 is 18.5 Å². The Bertz CT molecular complexity index is 592. The van der Waals surface area contributed by atoms with Crippen LogP contribution >= 0.6 is 0 Å². The van der Waals surface area contributed by atoms with Gasteiger partial charge in [-0.2, -0.15) is 12.2 Å². The predicted molar refractivity (Wildman–Crippen MR) is 127 cm³/mol. The van der Waals surface area contributed by atoms with Gasteiger partial charge in [-0.15, -0.1) is 12.8 Å². The van der Waals surface area contributed by atoms with Crippen LogP contribution in [0.2, 0.25) is 26.2 Å². The zero-order valence-electron chi connectivity index (χ0n) is 19.9. The van der Waals surface area contributed by atoms with E-state index in [0.29, 0.717) is 0 Å². The molecule has 0 unspecified atom stereocenters. The normalized spacial score (nSPS) is 21.7. The quantitative estimate of drug-likeness (QED) is 0.360. The molecule has 2 aliphatic heterocycles. The monoisotopic (exact) mass is 540 g/mol. The van der Waals surface area contributed by atoms with Crippen molar-refractivity contribution >= 4 is 16.5 Å². The minimum absolute atomic E-state index is 0. The molecule has 0 spiro atoms. The number of nitrogens with zero attached hydrogens (tertiary/aromatic N) is 2. The van der Waals surface area contributed by atoms with Crippen molar-refractivity contribution in [3.63, 3.8) is 0 Å². The van der Waals surface area contributed by atoms with E-state index >= 15 is 0 Å². The summed E-state index contributed by atoms with van der Waals surface area (Å²) in [6, 6.07) is 0. The zero-order chi connectivity index (χ0) is 20.0. The Morgan fingerprint density at radius 3 is 1.19 bits per heavy atom. The van der Waals surface area contributed by atoms with Crippen molar-refractivity contribution in [1.82, 2.24) is 9.13 Å². The number of piperidine rings is 2. The molecule has 2 nitrogen and oxygen atoms in total. The van der Waals surface area contributed by atoms with E-state index in [0.717, 1.165) is 12.8 Å². The van der Waals surface area contributed by atoms with Crippen molar-refractivity contribution in [2.75, 3.05) is 26.2 Å². The van der Waals surface area contributed by atoms with E-state index in [1.807, 2.05) is 0 Å². The van der Waals surface area contributed by atoms with Crippen LogP contribution in [0.1, 0.15) is 51.4 Å². The summed E-state index contributed by atoms with van der Waals surface area (Å²) in [5.74, 6) is 0. The Morgan fingerprint density at radius 2 is 0.935 bits per heavy atom. The van der Waals surface area contributed by atoms with E-state index in [9.17, 15) is 0 Å². The van der Waals surface area contributed by atoms with Crippen molar-refractivity contribution < 1.29 is 35.6 Å². The molecule has 0 radical (unpaired) electrons. The fourth-order valence-corrected chi connectivity index (χ4v) is 10.6. The first-order chi connectivity index (χ1) is 13.4. The van der Waals surface area contributed by atoms with Crippen LogP contribution in [0.3, 0.4) is 0 Å². The van der Waals surface area contributed by atoms with Crippen molar-refractivity contribution in [3.8, 4) is 0 Å². The van der Waals surface area contributed by atoms with E-state index in [4.69, 9.17) is 0 Å². The number of hydrogen-bond donors (Lipinski definition) is 0. The third-order valence-corrected chi connectivity index (χ3v) is 14.4. The summed E-state index contributed by atoms with van der Waals surface area (Å²) >= 11 is 0. The molecule has 2 saturated heterocycles. The van der Waals surface area contributed by atoms with Gasteiger partial charge in [-0.05, 0) is 51.9 Å². The fourth-order valence-electron chi connectivity index (χ4n) is 4.90. The predicted octanol–water partition coefficient (Wildman–Crippen LogP) is -0.182. The van der Waals surface area contributed by atoms with Crippen LogP contribution in [0.25, 0.3) is 0 Å². The molecular weight excluding hydrogens is 502 g/mol. The van der Waals surface area contributed by atoms with E-state index in [2.05, 4.69) is 71.8 Å². The molecule has 4 aliphatic rings. The molecule has 2 fully saturated rings. The van der Waals surface area contributed by atoms with Gasteiger partial charge in [0.1, 0.15) is 16.5 Å². The molecule has 0 N–H and O–H groups in total. The third-order valence-electron chi connectivity index (χ3n) is 7.00. The molecule has 2 heterocycles. The molecule has 31 heavy (non-hydrogen) atoms. The Balaban J connectivity index is 0.000000529. The van der Waals surface area contributed by atoms with Crippen LogP contribution in [0, 0.1) is 12.2 Å². The Kier molecular flexibility index (Phi) is 14.4. The molecule has 0 aromatic carbocycles. The minimum atomic E-state index is -1.32. The zero-order valence-corrected chi connectivity index (χ0v) is 24.4. The summed E-state index contributed by atoms with van der Waals surface area (Å²) in [5, 5.41) is 3.05. The molecule has 2 aliphatic carbocycles. The first-order valence-corrected chi connectivity index (χ1v) is 17.4. The maximum Gasteiger partial charge on any atom is 4.00 e. The van der Waals surface area contributed by atoms with Crippen LogP contribution < -0.4 is 9.41 Å². The fraction of sp³-hybridized carbons (Fsp3) is 0.667. The average molecular weight is 542 g/mol. The average Bonchev–Trinajstić information content (AvgIpc) is 3.44. The largest absolute Gasteiger partial charge is 4.00 e. The van der Waals surface area contributed by atoms with Gasteiger partial charge in [-0.1, -0.05) is 39.0 Å². The molecular formula is C24H40F2N2Si2Zr. The van der Waals surface area contributed by atoms with Crippen LogP contribution in [-0.2, 0) is 26.2 Å². The van der Waals surface area contributed by atoms with E-state index in [1.165, 1.54) is 75.1 Å². The maximum atomic E-state index is 3.52. The van der Waals surface area contributed by atoms with Gasteiger partial charge in [0.15, 0.2) is 0 Å². The second-order valence-electron chi connectivity index (χ2n) is 9.61. The first-order valence-electron chi connectivity index (χ1n) is 11.5. The summed E-state index contributed by atoms with van der Waals surface area (Å²) in [5.41, 5.74) is 0. The van der Waals surface area contributed by atoms with Crippen molar-refractivity contribution in [1.29, 1.82) is 0 Å². The van der Waals surface area contributed by atoms with Gasteiger partial charge in [-0.3, -0.25) is 12.2 Å². The van der Waals surface area contributed by atoms with Gasteiger partial charge in [0, 0.05) is 0 Å². The molecule has 0 saturated carbocycles. The first kappa shape index (κ1) is 31.1. The molecule has 0 amide bonds. The van der Waals surface area contributed by atoms with Crippen molar-refractivity contribution in [2.45, 2.75) is 77.6 Å². The molecule has 172 valence electrons. The summed E-state index contributed by atoms with van der Waals surface area (Å²) in [6.45, 7) is 15.1. The van der Waals surface area contributed by atoms with Gasteiger partial charge in [0.2, 0.25) is 0 Å². The number of halogens is 2. The Morgan fingerprint density at radius 1 is 0.613 bits per heavy atom. The van der Waals surface area contributed by atoms with E-state index in [1.54, 1.807) is 0 Å². The second-order valence-corrected chi connectivity index (χ2v) is 18.2. The summed E-state index contributed by atoms with van der Waals surface area (Å²) in [4.78, 5) is 0. The number of rotatable bonds is 4. The van der Waals surface area contributed by atoms with Gasteiger partial charge in [0.25, 0.3) is 0 Å². The summed E-state index contributed by atoms with van der Waals surface area (Å²) < 4.78 is 5.49. The number of hydrogen-bond acceptors (Lipinski definition) is 2. The summed E-state index contributed by atoms with van der Waals surface area (Å²) in [6.07, 6.45) is 26.7. The minimum Gasteiger partial charge on any atom is -1.00 e. The van der Waals surface area contributed by atoms with Crippen LogP contribution in [0.15, 0.2) is 34.7 Å². The van der Waals surface area contributed by atoms with E-state index < -0.39 is 16.5 Å². The SMILES string of the molecule is C[Si](C)(C1=[C-]CC=C1)N1CCCCC1.C[Si](C)(C1=[C-]CC=C1)N1CCCCC1.[F-].[F-].[Zr+4]. The third kappa shape index (κ3) is 8.10. The van der Waals surface area contributed by atoms with Gasteiger partial charge in [-0.25, -0.2) is 22.5 Å². The topological polar surface area (TPSA) is 6.48 Å². The van der Waals surface area contributed by atoms with E-state index in [-0.39, 0.29) is 35.6 Å². The Hall–Kier alpha value is 0.0569. The molecule has 0 aromatic heterocycles. The molecule has 0 atom stereocenters. The molecule has 0 aromatic rings. The maximum absolute atomic E-state index is 3.52. The summed E-state index contributed by atoms with van der Waals surface area (Å²) in [7, 11) is -2.63. The van der Waals surface area contributed by atoms with Crippen LogP contribution in [0.5, 0.6) is 0 Å². The molecule has 7 heteroatoms.